The van der Waals surface area contributed by atoms with Crippen molar-refractivity contribution in [3.05, 3.63) is 72.4 Å². The maximum Gasteiger partial charge on any atom is 0.185 e. The minimum absolute atomic E-state index is 0.0198. The zero-order valence-corrected chi connectivity index (χ0v) is 10.1. The second kappa shape index (κ2) is 5.15. The summed E-state index contributed by atoms with van der Waals surface area (Å²) in [7, 11) is 0. The van der Waals surface area contributed by atoms with Crippen LogP contribution in [0.5, 0.6) is 0 Å². The summed E-state index contributed by atoms with van der Waals surface area (Å²) in [5.74, 6) is -0.0198. The molecule has 0 fully saturated rings. The van der Waals surface area contributed by atoms with E-state index in [0.29, 0.717) is 12.0 Å². The Bertz CT molecular complexity index is 485. The van der Waals surface area contributed by atoms with Crippen molar-refractivity contribution in [1.29, 1.82) is 0 Å². The van der Waals surface area contributed by atoms with Crippen molar-refractivity contribution in [3.63, 3.8) is 0 Å². The molecule has 1 aliphatic carbocycles. The van der Waals surface area contributed by atoms with Crippen molar-refractivity contribution >= 4 is 17.4 Å². The SMILES string of the molecule is O=C(C=CC1(Cl)C=CC=CC1)c1ccccc1. The predicted molar refractivity (Wildman–Crippen MR) is 71.4 cm³/mol. The lowest BCUT2D eigenvalue weighted by atomic mass is 9.98. The first-order chi connectivity index (χ1) is 8.20. The third-order valence-corrected chi connectivity index (χ3v) is 3.03. The van der Waals surface area contributed by atoms with Crippen LogP contribution in [-0.2, 0) is 0 Å². The van der Waals surface area contributed by atoms with Gasteiger partial charge in [0.2, 0.25) is 0 Å². The molecule has 1 aliphatic rings. The summed E-state index contributed by atoms with van der Waals surface area (Å²) in [4.78, 5) is 11.3. The van der Waals surface area contributed by atoms with E-state index in [1.165, 1.54) is 0 Å². The Kier molecular flexibility index (Phi) is 3.60. The van der Waals surface area contributed by atoms with Crippen molar-refractivity contribution in [1.82, 2.24) is 0 Å². The summed E-state index contributed by atoms with van der Waals surface area (Å²) in [5, 5.41) is 0. The van der Waals surface area contributed by atoms with Crippen LogP contribution in [0.15, 0.2) is 66.8 Å². The van der Waals surface area contributed by atoms with Crippen LogP contribution in [-0.4, -0.2) is 10.7 Å². The zero-order valence-electron chi connectivity index (χ0n) is 9.34. The Morgan fingerprint density at radius 3 is 2.65 bits per heavy atom. The highest BCUT2D eigenvalue weighted by molar-refractivity contribution is 6.27. The molecule has 0 saturated carbocycles. The Morgan fingerprint density at radius 1 is 1.24 bits per heavy atom. The van der Waals surface area contributed by atoms with Crippen molar-refractivity contribution in [2.75, 3.05) is 0 Å². The molecule has 0 N–H and O–H groups in total. The second-order valence-corrected chi connectivity index (χ2v) is 4.69. The first kappa shape index (κ1) is 11.9. The van der Waals surface area contributed by atoms with Crippen LogP contribution in [0.25, 0.3) is 0 Å². The molecule has 2 heteroatoms. The highest BCUT2D eigenvalue weighted by atomic mass is 35.5. The first-order valence-electron chi connectivity index (χ1n) is 5.51. The van der Waals surface area contributed by atoms with Gasteiger partial charge in [-0.05, 0) is 12.5 Å². The van der Waals surface area contributed by atoms with E-state index in [1.807, 2.05) is 42.5 Å². The molecule has 1 nitrogen and oxygen atoms in total. The molecular weight excluding hydrogens is 232 g/mol. The van der Waals surface area contributed by atoms with Crippen molar-refractivity contribution in [2.24, 2.45) is 0 Å². The topological polar surface area (TPSA) is 17.1 Å². The number of benzene rings is 1. The summed E-state index contributed by atoms with van der Waals surface area (Å²) in [6, 6.07) is 9.17. The van der Waals surface area contributed by atoms with Crippen molar-refractivity contribution < 1.29 is 4.79 Å². The van der Waals surface area contributed by atoms with E-state index >= 15 is 0 Å². The number of rotatable bonds is 3. The first-order valence-corrected chi connectivity index (χ1v) is 5.89. The largest absolute Gasteiger partial charge is 0.289 e. The van der Waals surface area contributed by atoms with E-state index in [-0.39, 0.29) is 5.78 Å². The quantitative estimate of drug-likeness (QED) is 0.448. The Hall–Kier alpha value is -1.60. The lowest BCUT2D eigenvalue weighted by Gasteiger charge is -2.18. The third kappa shape index (κ3) is 3.18. The Labute approximate surface area is 106 Å². The van der Waals surface area contributed by atoms with E-state index in [1.54, 1.807) is 24.3 Å². The van der Waals surface area contributed by atoms with Crippen LogP contribution in [0.3, 0.4) is 0 Å². The number of alkyl halides is 1. The summed E-state index contributed by atoms with van der Waals surface area (Å²) >= 11 is 6.33. The maximum absolute atomic E-state index is 11.8. The molecule has 0 bridgehead atoms. The van der Waals surface area contributed by atoms with Crippen LogP contribution in [0, 0.1) is 0 Å². The number of halogens is 1. The molecular formula is C15H13ClO. The minimum Gasteiger partial charge on any atom is -0.289 e. The second-order valence-electron chi connectivity index (χ2n) is 3.98. The van der Waals surface area contributed by atoms with E-state index in [9.17, 15) is 4.79 Å². The normalized spacial score (nSPS) is 23.1. The molecule has 0 amide bonds. The summed E-state index contributed by atoms with van der Waals surface area (Å²) in [6.45, 7) is 0. The van der Waals surface area contributed by atoms with E-state index in [4.69, 9.17) is 11.6 Å². The van der Waals surface area contributed by atoms with Gasteiger partial charge in [-0.15, -0.1) is 11.6 Å². The molecule has 17 heavy (non-hydrogen) atoms. The summed E-state index contributed by atoms with van der Waals surface area (Å²) < 4.78 is 0. The van der Waals surface area contributed by atoms with Gasteiger partial charge >= 0.3 is 0 Å². The van der Waals surface area contributed by atoms with Crippen molar-refractivity contribution in [3.8, 4) is 0 Å². The number of hydrogen-bond acceptors (Lipinski definition) is 1. The van der Waals surface area contributed by atoms with Gasteiger partial charge < -0.3 is 0 Å². The van der Waals surface area contributed by atoms with Crippen LogP contribution in [0.4, 0.5) is 0 Å². The number of carbonyl (C=O) groups is 1. The highest BCUT2D eigenvalue weighted by Gasteiger charge is 2.20. The molecule has 1 aromatic carbocycles. The lowest BCUT2D eigenvalue weighted by molar-refractivity contribution is 0.104. The fourth-order valence-corrected chi connectivity index (χ4v) is 1.87. The number of ketones is 1. The molecule has 2 rings (SSSR count). The van der Waals surface area contributed by atoms with Crippen LogP contribution in [0.1, 0.15) is 16.8 Å². The van der Waals surface area contributed by atoms with Crippen LogP contribution < -0.4 is 0 Å². The van der Waals surface area contributed by atoms with Gasteiger partial charge in [0.25, 0.3) is 0 Å². The average molecular weight is 245 g/mol. The van der Waals surface area contributed by atoms with Gasteiger partial charge in [0.05, 0.1) is 4.87 Å². The Morgan fingerprint density at radius 2 is 2.00 bits per heavy atom. The lowest BCUT2D eigenvalue weighted by Crippen LogP contribution is -2.15. The molecule has 1 unspecified atom stereocenters. The summed E-state index contributed by atoms with van der Waals surface area (Å²) in [6.07, 6.45) is 11.7. The number of hydrogen-bond donors (Lipinski definition) is 0. The van der Waals surface area contributed by atoms with Gasteiger partial charge in [-0.1, -0.05) is 60.7 Å². The van der Waals surface area contributed by atoms with Gasteiger partial charge in [-0.2, -0.15) is 0 Å². The van der Waals surface area contributed by atoms with E-state index in [0.717, 1.165) is 0 Å². The highest BCUT2D eigenvalue weighted by Crippen LogP contribution is 2.27. The zero-order chi connectivity index (χ0) is 12.1. The van der Waals surface area contributed by atoms with Gasteiger partial charge in [0.15, 0.2) is 5.78 Å². The minimum atomic E-state index is -0.556. The van der Waals surface area contributed by atoms with Gasteiger partial charge in [-0.3, -0.25) is 4.79 Å². The van der Waals surface area contributed by atoms with E-state index < -0.39 is 4.87 Å². The summed E-state index contributed by atoms with van der Waals surface area (Å²) in [5.41, 5.74) is 0.680. The average Bonchev–Trinajstić information content (AvgIpc) is 2.38. The smallest absolute Gasteiger partial charge is 0.185 e. The number of carbonyl (C=O) groups excluding carboxylic acids is 1. The predicted octanol–water partition coefficient (Wildman–Crippen LogP) is 3.92. The van der Waals surface area contributed by atoms with E-state index in [2.05, 4.69) is 0 Å². The molecule has 0 aliphatic heterocycles. The molecule has 0 saturated heterocycles. The molecule has 86 valence electrons. The molecule has 0 heterocycles. The van der Waals surface area contributed by atoms with Gasteiger partial charge in [0, 0.05) is 5.56 Å². The molecule has 0 aromatic heterocycles. The molecule has 1 atom stereocenters. The van der Waals surface area contributed by atoms with Gasteiger partial charge in [-0.25, -0.2) is 0 Å². The Balaban J connectivity index is 2.09. The third-order valence-electron chi connectivity index (χ3n) is 2.62. The molecule has 0 spiro atoms. The van der Waals surface area contributed by atoms with Gasteiger partial charge in [0.1, 0.15) is 0 Å². The molecule has 0 radical (unpaired) electrons. The maximum atomic E-state index is 11.8. The van der Waals surface area contributed by atoms with Crippen molar-refractivity contribution in [2.45, 2.75) is 11.3 Å². The fraction of sp³-hybridized carbons (Fsp3) is 0.133. The van der Waals surface area contributed by atoms with Crippen LogP contribution >= 0.6 is 11.6 Å². The fourth-order valence-electron chi connectivity index (χ4n) is 1.65. The molecule has 1 aromatic rings. The number of allylic oxidation sites excluding steroid dienone is 6. The van der Waals surface area contributed by atoms with Crippen LogP contribution in [0.2, 0.25) is 0 Å². The standard InChI is InChI=1S/C15H13ClO/c16-15(10-5-2-6-11-15)12-9-14(17)13-7-3-1-4-8-13/h1-10,12H,11H2. The monoisotopic (exact) mass is 244 g/mol.